The average Bonchev–Trinajstić information content (AvgIpc) is 2.61. The van der Waals surface area contributed by atoms with E-state index in [0.29, 0.717) is 24.3 Å². The van der Waals surface area contributed by atoms with Crippen LogP contribution in [0.2, 0.25) is 0 Å². The van der Waals surface area contributed by atoms with Crippen molar-refractivity contribution >= 4 is 11.7 Å². The topological polar surface area (TPSA) is 81.4 Å². The third-order valence-corrected chi connectivity index (χ3v) is 3.55. The summed E-state index contributed by atoms with van der Waals surface area (Å²) in [6, 6.07) is 15.7. The van der Waals surface area contributed by atoms with Crippen LogP contribution in [0.15, 0.2) is 54.6 Å². The first-order valence-electron chi connectivity index (χ1n) is 7.93. The molecule has 0 aliphatic rings. The van der Waals surface area contributed by atoms with Gasteiger partial charge in [-0.2, -0.15) is 0 Å². The second-order valence-corrected chi connectivity index (χ2v) is 5.39. The number of hydrogen-bond acceptors (Lipinski definition) is 4. The molecule has 3 N–H and O–H groups in total. The Labute approximate surface area is 141 Å². The van der Waals surface area contributed by atoms with E-state index in [1.165, 1.54) is 0 Å². The molecule has 0 saturated carbocycles. The number of nitrogens with two attached hydrogens (primary N) is 1. The molecule has 5 nitrogen and oxygen atoms in total. The van der Waals surface area contributed by atoms with Crippen LogP contribution in [-0.2, 0) is 11.2 Å². The fourth-order valence-corrected chi connectivity index (χ4v) is 2.26. The summed E-state index contributed by atoms with van der Waals surface area (Å²) in [5.41, 5.74) is 7.40. The van der Waals surface area contributed by atoms with E-state index in [1.54, 1.807) is 24.3 Å². The number of ether oxygens (including phenoxy) is 1. The van der Waals surface area contributed by atoms with E-state index < -0.39 is 6.04 Å². The van der Waals surface area contributed by atoms with Crippen LogP contribution in [0.25, 0.3) is 0 Å². The Kier molecular flexibility index (Phi) is 6.51. The highest BCUT2D eigenvalue weighted by Gasteiger charge is 2.15. The summed E-state index contributed by atoms with van der Waals surface area (Å²) in [6.45, 7) is 2.39. The van der Waals surface area contributed by atoms with E-state index in [1.807, 2.05) is 37.3 Å². The van der Waals surface area contributed by atoms with Crippen LogP contribution in [0.1, 0.15) is 22.8 Å². The maximum Gasteiger partial charge on any atom is 0.237 e. The number of carbonyl (C=O) groups is 2. The van der Waals surface area contributed by atoms with Gasteiger partial charge in [0.25, 0.3) is 0 Å². The summed E-state index contributed by atoms with van der Waals surface area (Å²) in [5.74, 6) is 0.208. The van der Waals surface area contributed by atoms with Crippen molar-refractivity contribution in [3.05, 3.63) is 65.7 Å². The molecule has 0 unspecified atom stereocenters. The minimum absolute atomic E-state index is 0.0741. The number of ketones is 1. The van der Waals surface area contributed by atoms with Gasteiger partial charge in [-0.3, -0.25) is 9.59 Å². The Balaban J connectivity index is 1.83. The van der Waals surface area contributed by atoms with Crippen LogP contribution in [0.4, 0.5) is 0 Å². The number of rotatable bonds is 8. The highest BCUT2D eigenvalue weighted by atomic mass is 16.5. The zero-order chi connectivity index (χ0) is 17.4. The number of Topliss-reactive ketones (excluding diaryl/α,β-unsaturated/α-hetero) is 1. The Bertz CT molecular complexity index is 669. The van der Waals surface area contributed by atoms with Crippen molar-refractivity contribution in [1.29, 1.82) is 0 Å². The molecule has 5 heteroatoms. The fourth-order valence-electron chi connectivity index (χ4n) is 2.26. The van der Waals surface area contributed by atoms with Gasteiger partial charge in [-0.05, 0) is 43.2 Å². The molecule has 2 aromatic rings. The largest absolute Gasteiger partial charge is 0.494 e. The number of hydrogen-bond donors (Lipinski definition) is 2. The molecule has 2 rings (SSSR count). The summed E-state index contributed by atoms with van der Waals surface area (Å²) < 4.78 is 5.33. The minimum atomic E-state index is -0.680. The van der Waals surface area contributed by atoms with Gasteiger partial charge in [0.2, 0.25) is 5.91 Å². The zero-order valence-corrected chi connectivity index (χ0v) is 13.7. The van der Waals surface area contributed by atoms with Crippen LogP contribution in [-0.4, -0.2) is 30.9 Å². The quantitative estimate of drug-likeness (QED) is 0.727. The van der Waals surface area contributed by atoms with Crippen LogP contribution in [0.5, 0.6) is 5.75 Å². The lowest BCUT2D eigenvalue weighted by Gasteiger charge is -2.12. The maximum absolute atomic E-state index is 12.1. The Morgan fingerprint density at radius 3 is 2.38 bits per heavy atom. The van der Waals surface area contributed by atoms with Crippen molar-refractivity contribution in [3.8, 4) is 5.75 Å². The summed E-state index contributed by atoms with van der Waals surface area (Å²) >= 11 is 0. The smallest absolute Gasteiger partial charge is 0.237 e. The first-order valence-corrected chi connectivity index (χ1v) is 7.93. The van der Waals surface area contributed by atoms with E-state index in [0.717, 1.165) is 5.56 Å². The number of nitrogens with one attached hydrogen (secondary N) is 1. The molecule has 1 amide bonds. The molecule has 0 bridgehead atoms. The first kappa shape index (κ1) is 17.7. The first-order chi connectivity index (χ1) is 11.6. The van der Waals surface area contributed by atoms with Gasteiger partial charge in [0.05, 0.1) is 19.2 Å². The summed E-state index contributed by atoms with van der Waals surface area (Å²) in [6.07, 6.45) is 0.434. The molecule has 0 heterocycles. The van der Waals surface area contributed by atoms with Crippen molar-refractivity contribution < 1.29 is 14.3 Å². The summed E-state index contributed by atoms with van der Waals surface area (Å²) in [4.78, 5) is 24.1. The zero-order valence-electron chi connectivity index (χ0n) is 13.7. The number of amides is 1. The fraction of sp³-hybridized carbons (Fsp3) is 0.263. The summed E-state index contributed by atoms with van der Waals surface area (Å²) in [7, 11) is 0. The SMILES string of the molecule is CCOc1ccc(C(=O)CNC(=O)[C@@H](N)Cc2ccccc2)cc1. The highest BCUT2D eigenvalue weighted by molar-refractivity contribution is 5.99. The van der Waals surface area contributed by atoms with Gasteiger partial charge in [0, 0.05) is 5.56 Å². The van der Waals surface area contributed by atoms with Crippen molar-refractivity contribution in [2.24, 2.45) is 5.73 Å². The lowest BCUT2D eigenvalue weighted by atomic mass is 10.1. The lowest BCUT2D eigenvalue weighted by Crippen LogP contribution is -2.43. The predicted molar refractivity (Wildman–Crippen MR) is 93.1 cm³/mol. The van der Waals surface area contributed by atoms with E-state index >= 15 is 0 Å². The summed E-state index contributed by atoms with van der Waals surface area (Å²) in [5, 5.41) is 2.60. The third kappa shape index (κ3) is 5.21. The number of benzene rings is 2. The molecule has 0 fully saturated rings. The number of carbonyl (C=O) groups excluding carboxylic acids is 2. The minimum Gasteiger partial charge on any atom is -0.494 e. The van der Waals surface area contributed by atoms with Crippen molar-refractivity contribution in [1.82, 2.24) is 5.32 Å². The molecule has 0 aliphatic carbocycles. The van der Waals surface area contributed by atoms with Crippen LogP contribution in [0, 0.1) is 0 Å². The van der Waals surface area contributed by atoms with Crippen LogP contribution < -0.4 is 15.8 Å². The molecular weight excluding hydrogens is 304 g/mol. The van der Waals surface area contributed by atoms with E-state index in [2.05, 4.69) is 5.32 Å². The van der Waals surface area contributed by atoms with Crippen molar-refractivity contribution in [3.63, 3.8) is 0 Å². The van der Waals surface area contributed by atoms with Gasteiger partial charge in [0.1, 0.15) is 5.75 Å². The second-order valence-electron chi connectivity index (χ2n) is 5.39. The molecule has 0 aromatic heterocycles. The monoisotopic (exact) mass is 326 g/mol. The van der Waals surface area contributed by atoms with Gasteiger partial charge in [-0.25, -0.2) is 0 Å². The highest BCUT2D eigenvalue weighted by Crippen LogP contribution is 2.12. The molecule has 2 aromatic carbocycles. The molecular formula is C19H22N2O3. The van der Waals surface area contributed by atoms with E-state index in [4.69, 9.17) is 10.5 Å². The second kappa shape index (κ2) is 8.84. The Morgan fingerprint density at radius 1 is 1.08 bits per heavy atom. The molecule has 0 saturated heterocycles. The van der Waals surface area contributed by atoms with Gasteiger partial charge in [-0.1, -0.05) is 30.3 Å². The van der Waals surface area contributed by atoms with E-state index in [9.17, 15) is 9.59 Å². The maximum atomic E-state index is 12.1. The van der Waals surface area contributed by atoms with E-state index in [-0.39, 0.29) is 18.2 Å². The Morgan fingerprint density at radius 2 is 1.75 bits per heavy atom. The van der Waals surface area contributed by atoms with Crippen LogP contribution in [0.3, 0.4) is 0 Å². The average molecular weight is 326 g/mol. The standard InChI is InChI=1S/C19H22N2O3/c1-2-24-16-10-8-15(9-11-16)18(22)13-21-19(23)17(20)12-14-6-4-3-5-7-14/h3-11,17H,2,12-13,20H2,1H3,(H,21,23)/t17-/m0/s1. The van der Waals surface area contributed by atoms with Gasteiger partial charge in [-0.15, -0.1) is 0 Å². The molecule has 126 valence electrons. The molecule has 1 atom stereocenters. The van der Waals surface area contributed by atoms with Crippen molar-refractivity contribution in [2.45, 2.75) is 19.4 Å². The van der Waals surface area contributed by atoms with Crippen LogP contribution >= 0.6 is 0 Å². The Hall–Kier alpha value is -2.66. The predicted octanol–water partition coefficient (Wildman–Crippen LogP) is 1.95. The van der Waals surface area contributed by atoms with Crippen molar-refractivity contribution in [2.75, 3.05) is 13.2 Å². The molecule has 0 spiro atoms. The molecule has 0 radical (unpaired) electrons. The normalized spacial score (nSPS) is 11.6. The molecule has 24 heavy (non-hydrogen) atoms. The lowest BCUT2D eigenvalue weighted by molar-refractivity contribution is -0.122. The van der Waals surface area contributed by atoms with Gasteiger partial charge in [0.15, 0.2) is 5.78 Å². The third-order valence-electron chi connectivity index (χ3n) is 3.55. The van der Waals surface area contributed by atoms with Gasteiger partial charge < -0.3 is 15.8 Å². The van der Waals surface area contributed by atoms with Gasteiger partial charge >= 0.3 is 0 Å². The molecule has 0 aliphatic heterocycles.